The number of rotatable bonds is 4. The van der Waals surface area contributed by atoms with Crippen molar-refractivity contribution in [3.63, 3.8) is 0 Å². The summed E-state index contributed by atoms with van der Waals surface area (Å²) in [6, 6.07) is -1.03. The Bertz CT molecular complexity index is 466. The van der Waals surface area contributed by atoms with Gasteiger partial charge in [-0.3, -0.25) is 19.3 Å². The normalized spacial score (nSPS) is 28.0. The Balaban J connectivity index is 2.09. The largest absolute Gasteiger partial charge is 0.451 e. The quantitative estimate of drug-likeness (QED) is 0.579. The first-order valence-electron chi connectivity index (χ1n) is 7.21. The van der Waals surface area contributed by atoms with Crippen LogP contribution in [-0.2, 0) is 23.9 Å². The van der Waals surface area contributed by atoms with Crippen molar-refractivity contribution >= 4 is 23.7 Å². The first-order chi connectivity index (χ1) is 9.84. The highest BCUT2D eigenvalue weighted by Gasteiger charge is 2.51. The van der Waals surface area contributed by atoms with E-state index in [0.29, 0.717) is 12.8 Å². The number of nitrogens with zero attached hydrogens (tertiary/aromatic N) is 1. The summed E-state index contributed by atoms with van der Waals surface area (Å²) in [5, 5.41) is 0. The Kier molecular flexibility index (Phi) is 4.29. The summed E-state index contributed by atoms with van der Waals surface area (Å²) in [6.45, 7) is 2.78. The van der Waals surface area contributed by atoms with Gasteiger partial charge in [0, 0.05) is 0 Å². The molecular formula is C14H20N2O5. The number of likely N-dealkylation sites (tertiary alicyclic amines) is 1. The van der Waals surface area contributed by atoms with Crippen molar-refractivity contribution in [2.75, 3.05) is 0 Å². The molecule has 2 rings (SSSR count). The molecule has 0 unspecified atom stereocenters. The number of hydrogen-bond donors (Lipinski definition) is 1. The molecule has 0 aromatic rings. The van der Waals surface area contributed by atoms with E-state index in [1.807, 2.05) is 0 Å². The molecule has 3 amide bonds. The van der Waals surface area contributed by atoms with Gasteiger partial charge in [-0.05, 0) is 26.7 Å². The molecule has 1 saturated carbocycles. The standard InChI is InChI=1S/C14H20N2O5/c1-7(14(20)21-8(2)11(15)17)16-12(18)9-5-3-4-6-10(9)13(16)19/h7-10H,3-6H2,1-2H3,(H2,15,17)/t7-,8+,9-,10+/m0/s1. The van der Waals surface area contributed by atoms with Gasteiger partial charge in [0.25, 0.3) is 5.91 Å². The van der Waals surface area contributed by atoms with Crippen molar-refractivity contribution in [3.05, 3.63) is 0 Å². The number of esters is 1. The second-order valence-corrected chi connectivity index (χ2v) is 5.70. The molecule has 116 valence electrons. The molecule has 1 heterocycles. The average molecular weight is 296 g/mol. The van der Waals surface area contributed by atoms with Crippen molar-refractivity contribution in [2.24, 2.45) is 17.6 Å². The maximum atomic E-state index is 12.3. The van der Waals surface area contributed by atoms with Gasteiger partial charge in [0.05, 0.1) is 11.8 Å². The molecule has 21 heavy (non-hydrogen) atoms. The van der Waals surface area contributed by atoms with Gasteiger partial charge in [0.1, 0.15) is 6.04 Å². The molecule has 0 radical (unpaired) electrons. The fourth-order valence-electron chi connectivity index (χ4n) is 3.01. The lowest BCUT2D eigenvalue weighted by Crippen LogP contribution is -2.46. The third kappa shape index (κ3) is 2.77. The highest BCUT2D eigenvalue weighted by molar-refractivity contribution is 6.07. The number of fused-ring (bicyclic) bond motifs is 1. The molecule has 1 saturated heterocycles. The third-order valence-corrected chi connectivity index (χ3v) is 4.30. The lowest BCUT2D eigenvalue weighted by atomic mass is 9.81. The lowest BCUT2D eigenvalue weighted by molar-refractivity contribution is -0.163. The summed E-state index contributed by atoms with van der Waals surface area (Å²) in [7, 11) is 0. The highest BCUT2D eigenvalue weighted by atomic mass is 16.5. The van der Waals surface area contributed by atoms with Crippen LogP contribution in [0.3, 0.4) is 0 Å². The Morgan fingerprint density at radius 1 is 1.14 bits per heavy atom. The number of carbonyl (C=O) groups is 4. The van der Waals surface area contributed by atoms with Gasteiger partial charge in [0.2, 0.25) is 11.8 Å². The van der Waals surface area contributed by atoms with E-state index in [4.69, 9.17) is 10.5 Å². The van der Waals surface area contributed by atoms with Crippen LogP contribution in [-0.4, -0.2) is 40.7 Å². The molecule has 4 atom stereocenters. The Labute approximate surface area is 122 Å². The molecule has 1 aliphatic heterocycles. The van der Waals surface area contributed by atoms with Crippen LogP contribution in [0, 0.1) is 11.8 Å². The minimum absolute atomic E-state index is 0.305. The Hall–Kier alpha value is -1.92. The zero-order chi connectivity index (χ0) is 15.7. The van der Waals surface area contributed by atoms with Crippen LogP contribution < -0.4 is 5.73 Å². The van der Waals surface area contributed by atoms with Gasteiger partial charge in [-0.1, -0.05) is 12.8 Å². The fourth-order valence-corrected chi connectivity index (χ4v) is 3.01. The smallest absolute Gasteiger partial charge is 0.329 e. The minimum atomic E-state index is -1.09. The number of carbonyl (C=O) groups excluding carboxylic acids is 4. The molecule has 2 N–H and O–H groups in total. The predicted octanol–water partition coefficient (Wildman–Crippen LogP) is -0.0329. The number of ether oxygens (including phenoxy) is 1. The monoisotopic (exact) mass is 296 g/mol. The van der Waals surface area contributed by atoms with E-state index >= 15 is 0 Å². The number of nitrogens with two attached hydrogens (primary N) is 1. The highest BCUT2D eigenvalue weighted by Crippen LogP contribution is 2.38. The van der Waals surface area contributed by atoms with Crippen LogP contribution in [0.1, 0.15) is 39.5 Å². The number of amides is 3. The maximum Gasteiger partial charge on any atom is 0.329 e. The molecule has 0 spiro atoms. The van der Waals surface area contributed by atoms with Crippen LogP contribution in [0.5, 0.6) is 0 Å². The second-order valence-electron chi connectivity index (χ2n) is 5.70. The predicted molar refractivity (Wildman–Crippen MR) is 71.5 cm³/mol. The zero-order valence-electron chi connectivity index (χ0n) is 12.2. The summed E-state index contributed by atoms with van der Waals surface area (Å²) in [5.74, 6) is -2.79. The van der Waals surface area contributed by atoms with Crippen molar-refractivity contribution in [1.29, 1.82) is 0 Å². The molecule has 0 aromatic heterocycles. The lowest BCUT2D eigenvalue weighted by Gasteiger charge is -2.22. The molecular weight excluding hydrogens is 276 g/mol. The average Bonchev–Trinajstić information content (AvgIpc) is 2.70. The van der Waals surface area contributed by atoms with Crippen LogP contribution >= 0.6 is 0 Å². The fraction of sp³-hybridized carbons (Fsp3) is 0.714. The van der Waals surface area contributed by atoms with Crippen molar-refractivity contribution in [1.82, 2.24) is 4.90 Å². The summed E-state index contributed by atoms with van der Waals surface area (Å²) in [4.78, 5) is 48.5. The molecule has 2 aliphatic rings. The maximum absolute atomic E-state index is 12.3. The first-order valence-corrected chi connectivity index (χ1v) is 7.21. The summed E-state index contributed by atoms with van der Waals surface area (Å²) in [5.41, 5.74) is 5.02. The Morgan fingerprint density at radius 2 is 1.62 bits per heavy atom. The SMILES string of the molecule is C[C@@H](OC(=O)[C@H](C)N1C(=O)[C@H]2CCCC[C@H]2C1=O)C(N)=O. The molecule has 1 aliphatic carbocycles. The molecule has 7 heteroatoms. The van der Waals surface area contributed by atoms with E-state index in [2.05, 4.69) is 0 Å². The van der Waals surface area contributed by atoms with Gasteiger partial charge in [0.15, 0.2) is 6.10 Å². The number of hydrogen-bond acceptors (Lipinski definition) is 5. The first kappa shape index (κ1) is 15.5. The van der Waals surface area contributed by atoms with E-state index in [9.17, 15) is 19.2 Å². The number of primary amides is 1. The van der Waals surface area contributed by atoms with Crippen LogP contribution in [0.15, 0.2) is 0 Å². The van der Waals surface area contributed by atoms with Gasteiger partial charge < -0.3 is 10.5 Å². The molecule has 2 fully saturated rings. The molecule has 0 bridgehead atoms. The van der Waals surface area contributed by atoms with Crippen molar-refractivity contribution in [2.45, 2.75) is 51.7 Å². The summed E-state index contributed by atoms with van der Waals surface area (Å²) >= 11 is 0. The van der Waals surface area contributed by atoms with Crippen LogP contribution in [0.2, 0.25) is 0 Å². The van der Waals surface area contributed by atoms with Gasteiger partial charge in [-0.15, -0.1) is 0 Å². The third-order valence-electron chi connectivity index (χ3n) is 4.30. The van der Waals surface area contributed by atoms with Crippen LogP contribution in [0.25, 0.3) is 0 Å². The second kappa shape index (κ2) is 5.83. The summed E-state index contributed by atoms with van der Waals surface area (Å²) in [6.07, 6.45) is 2.13. The topological polar surface area (TPSA) is 107 Å². The van der Waals surface area contributed by atoms with E-state index in [0.717, 1.165) is 17.7 Å². The van der Waals surface area contributed by atoms with Crippen molar-refractivity contribution in [3.8, 4) is 0 Å². The van der Waals surface area contributed by atoms with Crippen LogP contribution in [0.4, 0.5) is 0 Å². The molecule has 0 aromatic carbocycles. The van der Waals surface area contributed by atoms with Crippen molar-refractivity contribution < 1.29 is 23.9 Å². The van der Waals surface area contributed by atoms with E-state index in [-0.39, 0.29) is 23.7 Å². The van der Waals surface area contributed by atoms with Gasteiger partial charge in [-0.2, -0.15) is 0 Å². The zero-order valence-corrected chi connectivity index (χ0v) is 12.2. The number of imide groups is 1. The van der Waals surface area contributed by atoms with Gasteiger partial charge in [-0.25, -0.2) is 4.79 Å². The van der Waals surface area contributed by atoms with E-state index in [1.165, 1.54) is 13.8 Å². The summed E-state index contributed by atoms with van der Waals surface area (Å²) < 4.78 is 4.88. The molecule has 7 nitrogen and oxygen atoms in total. The van der Waals surface area contributed by atoms with Gasteiger partial charge >= 0.3 is 5.97 Å². The minimum Gasteiger partial charge on any atom is -0.451 e. The van der Waals surface area contributed by atoms with E-state index in [1.54, 1.807) is 0 Å². The Morgan fingerprint density at radius 3 is 2.05 bits per heavy atom. The van der Waals surface area contributed by atoms with E-state index < -0.39 is 24.0 Å².